The SMILES string of the molecule is CC(C)c1ccccc1N=Cc1cccc2cc[nH]c12. The van der Waals surface area contributed by atoms with Crippen LogP contribution in [0.2, 0.25) is 0 Å². The van der Waals surface area contributed by atoms with Crippen LogP contribution in [0.25, 0.3) is 10.9 Å². The molecule has 0 spiro atoms. The van der Waals surface area contributed by atoms with Crippen molar-refractivity contribution in [1.29, 1.82) is 0 Å². The van der Waals surface area contributed by atoms with Crippen molar-refractivity contribution in [3.05, 3.63) is 65.9 Å². The molecule has 0 atom stereocenters. The Labute approximate surface area is 119 Å². The van der Waals surface area contributed by atoms with E-state index in [1.807, 2.05) is 18.5 Å². The molecule has 0 saturated heterocycles. The van der Waals surface area contributed by atoms with Crippen molar-refractivity contribution in [3.8, 4) is 0 Å². The van der Waals surface area contributed by atoms with Gasteiger partial charge in [-0.25, -0.2) is 0 Å². The summed E-state index contributed by atoms with van der Waals surface area (Å²) < 4.78 is 0. The third-order valence-electron chi connectivity index (χ3n) is 3.52. The second-order valence-electron chi connectivity index (χ2n) is 5.26. The van der Waals surface area contributed by atoms with Gasteiger partial charge in [0.25, 0.3) is 0 Å². The van der Waals surface area contributed by atoms with Crippen LogP contribution in [0.5, 0.6) is 0 Å². The van der Waals surface area contributed by atoms with E-state index in [0.29, 0.717) is 5.92 Å². The molecule has 0 aliphatic heterocycles. The summed E-state index contributed by atoms with van der Waals surface area (Å²) in [5.41, 5.74) is 4.58. The van der Waals surface area contributed by atoms with Gasteiger partial charge in [0.1, 0.15) is 0 Å². The summed E-state index contributed by atoms with van der Waals surface area (Å²) in [6, 6.07) is 16.6. The Morgan fingerprint density at radius 2 is 1.85 bits per heavy atom. The molecule has 3 rings (SSSR count). The zero-order chi connectivity index (χ0) is 13.9. The number of H-pyrrole nitrogens is 1. The van der Waals surface area contributed by atoms with E-state index >= 15 is 0 Å². The molecule has 2 heteroatoms. The largest absolute Gasteiger partial charge is 0.361 e. The first-order chi connectivity index (χ1) is 9.75. The molecule has 1 heterocycles. The Hall–Kier alpha value is -2.35. The quantitative estimate of drug-likeness (QED) is 0.640. The molecule has 1 N–H and O–H groups in total. The molecule has 1 aromatic heterocycles. The summed E-state index contributed by atoms with van der Waals surface area (Å²) in [4.78, 5) is 7.95. The lowest BCUT2D eigenvalue weighted by molar-refractivity contribution is 0.867. The Morgan fingerprint density at radius 1 is 1.00 bits per heavy atom. The van der Waals surface area contributed by atoms with E-state index in [0.717, 1.165) is 16.8 Å². The second-order valence-corrected chi connectivity index (χ2v) is 5.26. The zero-order valence-corrected chi connectivity index (χ0v) is 11.8. The number of fused-ring (bicyclic) bond motifs is 1. The molecule has 0 fully saturated rings. The fourth-order valence-corrected chi connectivity index (χ4v) is 2.45. The molecule has 2 nitrogen and oxygen atoms in total. The van der Waals surface area contributed by atoms with E-state index in [1.54, 1.807) is 0 Å². The van der Waals surface area contributed by atoms with Gasteiger partial charge in [0.2, 0.25) is 0 Å². The summed E-state index contributed by atoms with van der Waals surface area (Å²) >= 11 is 0. The maximum absolute atomic E-state index is 4.68. The van der Waals surface area contributed by atoms with Gasteiger partial charge in [-0.1, -0.05) is 50.2 Å². The standard InChI is InChI=1S/C18H18N2/c1-13(2)16-8-3-4-9-17(16)20-12-15-7-5-6-14-10-11-19-18(14)15/h3-13,19H,1-2H3. The van der Waals surface area contributed by atoms with Crippen molar-refractivity contribution in [2.24, 2.45) is 4.99 Å². The van der Waals surface area contributed by atoms with Gasteiger partial charge in [0, 0.05) is 23.4 Å². The summed E-state index contributed by atoms with van der Waals surface area (Å²) in [7, 11) is 0. The highest BCUT2D eigenvalue weighted by molar-refractivity contribution is 5.98. The maximum Gasteiger partial charge on any atom is 0.0664 e. The monoisotopic (exact) mass is 262 g/mol. The summed E-state index contributed by atoms with van der Waals surface area (Å²) in [6.07, 6.45) is 3.91. The molecule has 20 heavy (non-hydrogen) atoms. The van der Waals surface area contributed by atoms with Crippen molar-refractivity contribution in [2.45, 2.75) is 19.8 Å². The number of aromatic nitrogens is 1. The van der Waals surface area contributed by atoms with Gasteiger partial charge in [0.05, 0.1) is 11.2 Å². The van der Waals surface area contributed by atoms with Crippen LogP contribution in [0.3, 0.4) is 0 Å². The maximum atomic E-state index is 4.68. The minimum Gasteiger partial charge on any atom is -0.361 e. The highest BCUT2D eigenvalue weighted by Gasteiger charge is 2.04. The van der Waals surface area contributed by atoms with E-state index < -0.39 is 0 Å². The van der Waals surface area contributed by atoms with Gasteiger partial charge in [-0.3, -0.25) is 4.99 Å². The number of benzene rings is 2. The molecule has 0 unspecified atom stereocenters. The molecule has 0 bridgehead atoms. The molecular formula is C18H18N2. The van der Waals surface area contributed by atoms with Crippen molar-refractivity contribution in [1.82, 2.24) is 4.98 Å². The Balaban J connectivity index is 2.01. The lowest BCUT2D eigenvalue weighted by Gasteiger charge is -2.08. The van der Waals surface area contributed by atoms with E-state index in [9.17, 15) is 0 Å². The van der Waals surface area contributed by atoms with Crippen LogP contribution < -0.4 is 0 Å². The number of rotatable bonds is 3. The van der Waals surface area contributed by atoms with Crippen molar-refractivity contribution in [3.63, 3.8) is 0 Å². The second kappa shape index (κ2) is 5.33. The van der Waals surface area contributed by atoms with E-state index in [-0.39, 0.29) is 0 Å². The topological polar surface area (TPSA) is 28.1 Å². The number of hydrogen-bond donors (Lipinski definition) is 1. The van der Waals surface area contributed by atoms with E-state index in [4.69, 9.17) is 0 Å². The van der Waals surface area contributed by atoms with Crippen molar-refractivity contribution in [2.75, 3.05) is 0 Å². The van der Waals surface area contributed by atoms with Crippen LogP contribution in [0.15, 0.2) is 59.7 Å². The predicted molar refractivity (Wildman–Crippen MR) is 86.1 cm³/mol. The predicted octanol–water partition coefficient (Wildman–Crippen LogP) is 5.04. The van der Waals surface area contributed by atoms with Gasteiger partial charge < -0.3 is 4.98 Å². The van der Waals surface area contributed by atoms with Crippen LogP contribution in [0, 0.1) is 0 Å². The molecule has 0 aliphatic rings. The first-order valence-electron chi connectivity index (χ1n) is 6.95. The van der Waals surface area contributed by atoms with Gasteiger partial charge >= 0.3 is 0 Å². The Kier molecular flexibility index (Phi) is 3.38. The summed E-state index contributed by atoms with van der Waals surface area (Å²) in [6.45, 7) is 4.39. The molecule has 2 aromatic carbocycles. The first-order valence-corrected chi connectivity index (χ1v) is 6.95. The molecule has 100 valence electrons. The molecule has 0 aliphatic carbocycles. The number of nitrogens with one attached hydrogen (secondary N) is 1. The number of nitrogens with zero attached hydrogens (tertiary/aromatic N) is 1. The zero-order valence-electron chi connectivity index (χ0n) is 11.8. The molecule has 0 saturated carbocycles. The van der Waals surface area contributed by atoms with Crippen LogP contribution in [0.1, 0.15) is 30.9 Å². The highest BCUT2D eigenvalue weighted by Crippen LogP contribution is 2.26. The van der Waals surface area contributed by atoms with Crippen molar-refractivity contribution < 1.29 is 0 Å². The molecule has 3 aromatic rings. The fourth-order valence-electron chi connectivity index (χ4n) is 2.45. The minimum absolute atomic E-state index is 0.477. The molecule has 0 radical (unpaired) electrons. The van der Waals surface area contributed by atoms with Crippen LogP contribution in [-0.2, 0) is 0 Å². The third-order valence-corrected chi connectivity index (χ3v) is 3.52. The Morgan fingerprint density at radius 3 is 2.70 bits per heavy atom. The number of para-hydroxylation sites is 2. The summed E-state index contributed by atoms with van der Waals surface area (Å²) in [5.74, 6) is 0.477. The van der Waals surface area contributed by atoms with E-state index in [1.165, 1.54) is 10.9 Å². The van der Waals surface area contributed by atoms with Crippen LogP contribution in [0.4, 0.5) is 5.69 Å². The minimum atomic E-state index is 0.477. The van der Waals surface area contributed by atoms with Gasteiger partial charge in [-0.2, -0.15) is 0 Å². The lowest BCUT2D eigenvalue weighted by Crippen LogP contribution is -1.88. The fraction of sp³-hybridized carbons (Fsp3) is 0.167. The Bertz CT molecular complexity index is 751. The normalized spacial score (nSPS) is 11.8. The van der Waals surface area contributed by atoms with Crippen LogP contribution in [-0.4, -0.2) is 11.2 Å². The lowest BCUT2D eigenvalue weighted by atomic mass is 10.0. The average Bonchev–Trinajstić information content (AvgIpc) is 2.94. The summed E-state index contributed by atoms with van der Waals surface area (Å²) in [5, 5.41) is 1.21. The van der Waals surface area contributed by atoms with Gasteiger partial charge in [0.15, 0.2) is 0 Å². The van der Waals surface area contributed by atoms with Crippen LogP contribution >= 0.6 is 0 Å². The number of aromatic amines is 1. The van der Waals surface area contributed by atoms with Gasteiger partial charge in [-0.05, 0) is 23.6 Å². The third kappa shape index (κ3) is 2.37. The smallest absolute Gasteiger partial charge is 0.0664 e. The molecular weight excluding hydrogens is 244 g/mol. The average molecular weight is 262 g/mol. The van der Waals surface area contributed by atoms with E-state index in [2.05, 4.69) is 66.3 Å². The number of hydrogen-bond acceptors (Lipinski definition) is 1. The number of aliphatic imine (C=N–C) groups is 1. The van der Waals surface area contributed by atoms with Crippen molar-refractivity contribution >= 4 is 22.8 Å². The van der Waals surface area contributed by atoms with Gasteiger partial charge in [-0.15, -0.1) is 0 Å². The molecule has 0 amide bonds. The highest BCUT2D eigenvalue weighted by atomic mass is 14.7. The first kappa shape index (κ1) is 12.7.